The number of piperidine rings is 1. The van der Waals surface area contributed by atoms with Crippen molar-refractivity contribution in [1.82, 2.24) is 4.90 Å². The third-order valence-corrected chi connectivity index (χ3v) is 4.00. The Bertz CT molecular complexity index is 557. The van der Waals surface area contributed by atoms with Crippen molar-refractivity contribution in [1.29, 1.82) is 0 Å². The molecule has 0 bridgehead atoms. The number of hydrogen-bond donors (Lipinski definition) is 0. The second-order valence-electron chi connectivity index (χ2n) is 7.20. The van der Waals surface area contributed by atoms with Crippen molar-refractivity contribution in [2.24, 2.45) is 0 Å². The van der Waals surface area contributed by atoms with E-state index in [0.717, 1.165) is 18.4 Å². The van der Waals surface area contributed by atoms with Gasteiger partial charge in [0.1, 0.15) is 5.60 Å². The largest absolute Gasteiger partial charge is 0.444 e. The van der Waals surface area contributed by atoms with Gasteiger partial charge in [-0.25, -0.2) is 4.79 Å². The van der Waals surface area contributed by atoms with Crippen molar-refractivity contribution in [2.45, 2.75) is 58.5 Å². The lowest BCUT2D eigenvalue weighted by atomic mass is 9.88. The second-order valence-corrected chi connectivity index (χ2v) is 7.20. The summed E-state index contributed by atoms with van der Waals surface area (Å²) in [5.41, 5.74) is 1.82. The number of Topliss-reactive ketones (excluding diaryl/α,β-unsaturated/α-hetero) is 1. The number of hydrogen-bond acceptors (Lipinski definition) is 3. The molecule has 0 aliphatic carbocycles. The Morgan fingerprint density at radius 1 is 1.26 bits per heavy atom. The Kier molecular flexibility index (Phi) is 5.45. The highest BCUT2D eigenvalue weighted by Crippen LogP contribution is 2.26. The second kappa shape index (κ2) is 7.16. The first-order chi connectivity index (χ1) is 10.8. The summed E-state index contributed by atoms with van der Waals surface area (Å²) >= 11 is 0. The van der Waals surface area contributed by atoms with E-state index in [1.165, 1.54) is 10.5 Å². The molecule has 23 heavy (non-hydrogen) atoms. The van der Waals surface area contributed by atoms with Crippen molar-refractivity contribution in [2.75, 3.05) is 13.1 Å². The van der Waals surface area contributed by atoms with E-state index in [1.54, 1.807) is 0 Å². The quantitative estimate of drug-likeness (QED) is 0.848. The van der Waals surface area contributed by atoms with Gasteiger partial charge in [-0.2, -0.15) is 0 Å². The predicted molar refractivity (Wildman–Crippen MR) is 90.6 cm³/mol. The van der Waals surface area contributed by atoms with E-state index in [0.29, 0.717) is 13.0 Å². The van der Waals surface area contributed by atoms with Gasteiger partial charge in [0.15, 0.2) is 5.78 Å². The molecule has 1 atom stereocenters. The number of amides is 1. The first-order valence-corrected chi connectivity index (χ1v) is 8.39. The summed E-state index contributed by atoms with van der Waals surface area (Å²) in [6.45, 7) is 8.34. The highest BCUT2D eigenvalue weighted by atomic mass is 16.6. The van der Waals surface area contributed by atoms with E-state index < -0.39 is 11.7 Å². The lowest BCUT2D eigenvalue weighted by Gasteiger charge is -2.32. The van der Waals surface area contributed by atoms with Crippen LogP contribution in [0.3, 0.4) is 0 Å². The molecule has 4 nitrogen and oxygen atoms in total. The molecule has 1 aliphatic rings. The van der Waals surface area contributed by atoms with Crippen LogP contribution in [0.2, 0.25) is 0 Å². The fourth-order valence-electron chi connectivity index (χ4n) is 2.86. The zero-order chi connectivity index (χ0) is 17.0. The summed E-state index contributed by atoms with van der Waals surface area (Å²) < 4.78 is 5.34. The van der Waals surface area contributed by atoms with Crippen LogP contribution in [0.15, 0.2) is 24.3 Å². The normalized spacial score (nSPS) is 18.9. The Hall–Kier alpha value is -1.84. The van der Waals surface area contributed by atoms with Crippen LogP contribution in [0, 0.1) is 0 Å². The van der Waals surface area contributed by atoms with Gasteiger partial charge in [0.05, 0.1) is 6.54 Å². The number of ether oxygens (including phenoxy) is 1. The van der Waals surface area contributed by atoms with Crippen LogP contribution >= 0.6 is 0 Å². The fourth-order valence-corrected chi connectivity index (χ4v) is 2.86. The summed E-state index contributed by atoms with van der Waals surface area (Å²) in [6, 6.07) is 8.31. The molecule has 0 unspecified atom stereocenters. The number of carbonyl (C=O) groups is 2. The van der Waals surface area contributed by atoms with E-state index in [2.05, 4.69) is 31.2 Å². The zero-order valence-electron chi connectivity index (χ0n) is 14.6. The summed E-state index contributed by atoms with van der Waals surface area (Å²) in [7, 11) is 0. The first kappa shape index (κ1) is 17.5. The number of aryl methyl sites for hydroxylation is 1. The average Bonchev–Trinajstić information content (AvgIpc) is 2.47. The number of nitrogens with zero attached hydrogens (tertiary/aromatic N) is 1. The van der Waals surface area contributed by atoms with Crippen LogP contribution in [-0.4, -0.2) is 35.5 Å². The number of carbonyl (C=O) groups excluding carboxylic acids is 2. The van der Waals surface area contributed by atoms with Crippen LogP contribution in [0.5, 0.6) is 0 Å². The summed E-state index contributed by atoms with van der Waals surface area (Å²) in [4.78, 5) is 26.0. The average molecular weight is 317 g/mol. The monoisotopic (exact) mass is 317 g/mol. The number of likely N-dealkylation sites (tertiary alicyclic amines) is 1. The van der Waals surface area contributed by atoms with Gasteiger partial charge in [-0.1, -0.05) is 37.6 Å². The maximum atomic E-state index is 12.4. The van der Waals surface area contributed by atoms with Gasteiger partial charge in [-0.3, -0.25) is 4.79 Å². The molecule has 2 rings (SSSR count). The summed E-state index contributed by atoms with van der Waals surface area (Å²) in [5, 5.41) is 0. The van der Waals surface area contributed by atoms with E-state index in [1.807, 2.05) is 20.8 Å². The zero-order valence-corrected chi connectivity index (χ0v) is 14.6. The van der Waals surface area contributed by atoms with E-state index >= 15 is 0 Å². The van der Waals surface area contributed by atoms with Gasteiger partial charge < -0.3 is 9.64 Å². The molecule has 0 spiro atoms. The lowest BCUT2D eigenvalue weighted by molar-refractivity contribution is -0.123. The minimum atomic E-state index is -0.536. The Labute approximate surface area is 138 Å². The minimum Gasteiger partial charge on any atom is -0.444 e. The van der Waals surface area contributed by atoms with Gasteiger partial charge >= 0.3 is 6.09 Å². The van der Waals surface area contributed by atoms with Crippen LogP contribution in [0.1, 0.15) is 57.6 Å². The van der Waals surface area contributed by atoms with Gasteiger partial charge in [0, 0.05) is 12.5 Å². The van der Waals surface area contributed by atoms with Crippen LogP contribution in [0.25, 0.3) is 0 Å². The molecule has 1 amide bonds. The highest BCUT2D eigenvalue weighted by molar-refractivity contribution is 5.90. The maximum absolute atomic E-state index is 12.4. The van der Waals surface area contributed by atoms with Crippen molar-refractivity contribution in [3.63, 3.8) is 0 Å². The van der Waals surface area contributed by atoms with Crippen molar-refractivity contribution in [3.8, 4) is 0 Å². The van der Waals surface area contributed by atoms with E-state index in [9.17, 15) is 9.59 Å². The van der Waals surface area contributed by atoms with Crippen LogP contribution in [0.4, 0.5) is 4.79 Å². The van der Waals surface area contributed by atoms with Gasteiger partial charge in [-0.15, -0.1) is 0 Å². The predicted octanol–water partition coefficient (Wildman–Crippen LogP) is 3.93. The van der Waals surface area contributed by atoms with Crippen molar-refractivity contribution in [3.05, 3.63) is 35.4 Å². The maximum Gasteiger partial charge on any atom is 0.410 e. The number of rotatable bonds is 3. The van der Waals surface area contributed by atoms with E-state index in [4.69, 9.17) is 4.74 Å². The standard InChI is InChI=1S/C19H27NO3/c1-5-6-14-7-9-15(10-8-14)16-11-12-20(13-17(16)21)18(22)23-19(2,3)4/h7-10,16H,5-6,11-13H2,1-4H3/t16-/m1/s1. The topological polar surface area (TPSA) is 46.6 Å². The molecule has 0 N–H and O–H groups in total. The third-order valence-electron chi connectivity index (χ3n) is 4.00. The van der Waals surface area contributed by atoms with Gasteiger partial charge in [-0.05, 0) is 44.7 Å². The number of ketones is 1. The minimum absolute atomic E-state index is 0.0883. The smallest absolute Gasteiger partial charge is 0.410 e. The lowest BCUT2D eigenvalue weighted by Crippen LogP contribution is -2.45. The molecule has 0 aromatic heterocycles. The molecule has 1 heterocycles. The van der Waals surface area contributed by atoms with Crippen molar-refractivity contribution >= 4 is 11.9 Å². The fraction of sp³-hybridized carbons (Fsp3) is 0.579. The third kappa shape index (κ3) is 4.81. The first-order valence-electron chi connectivity index (χ1n) is 8.39. The Balaban J connectivity index is 1.98. The molecule has 1 aromatic rings. The molecule has 4 heteroatoms. The summed E-state index contributed by atoms with van der Waals surface area (Å²) in [5.74, 6) is -0.0188. The molecular formula is C19H27NO3. The molecule has 0 radical (unpaired) electrons. The number of benzene rings is 1. The van der Waals surface area contributed by atoms with Crippen LogP contribution < -0.4 is 0 Å². The Morgan fingerprint density at radius 3 is 2.43 bits per heavy atom. The SMILES string of the molecule is CCCc1ccc([C@H]2CCN(C(=O)OC(C)(C)C)CC2=O)cc1. The van der Waals surface area contributed by atoms with Gasteiger partial charge in [0.2, 0.25) is 0 Å². The molecule has 0 saturated carbocycles. The molecule has 1 aliphatic heterocycles. The molecular weight excluding hydrogens is 290 g/mol. The molecule has 126 valence electrons. The van der Waals surface area contributed by atoms with Gasteiger partial charge in [0.25, 0.3) is 0 Å². The summed E-state index contributed by atoms with van der Waals surface area (Å²) in [6.07, 6.45) is 2.44. The van der Waals surface area contributed by atoms with Crippen LogP contribution in [-0.2, 0) is 16.0 Å². The molecule has 1 aromatic carbocycles. The highest BCUT2D eigenvalue weighted by Gasteiger charge is 2.32. The van der Waals surface area contributed by atoms with E-state index in [-0.39, 0.29) is 18.2 Å². The Morgan fingerprint density at radius 2 is 1.91 bits per heavy atom. The molecule has 1 fully saturated rings. The van der Waals surface area contributed by atoms with Crippen molar-refractivity contribution < 1.29 is 14.3 Å². The molecule has 1 saturated heterocycles.